The molecule has 2 aliphatic rings. The van der Waals surface area contributed by atoms with E-state index < -0.39 is 41.6 Å². The number of rotatable bonds is 3. The van der Waals surface area contributed by atoms with Gasteiger partial charge in [-0.1, -0.05) is 0 Å². The number of fused-ring (bicyclic) bond motifs is 1. The Kier molecular flexibility index (Phi) is 4.70. The molecular weight excluding hydrogens is 312 g/mol. The number of nitrogens with two attached hydrogens (primary N) is 1. The summed E-state index contributed by atoms with van der Waals surface area (Å²) in [6.07, 6.45) is -0.578. The van der Waals surface area contributed by atoms with Crippen LogP contribution in [0.2, 0.25) is 0 Å². The van der Waals surface area contributed by atoms with Crippen LogP contribution in [0.4, 0.5) is 0 Å². The van der Waals surface area contributed by atoms with Crippen LogP contribution < -0.4 is 11.1 Å². The highest BCUT2D eigenvalue weighted by atomic mass is 35.5. The van der Waals surface area contributed by atoms with E-state index >= 15 is 0 Å². The molecule has 5 atom stereocenters. The third kappa shape index (κ3) is 2.93. The molecule has 1 unspecified atom stereocenters. The first-order valence-electron chi connectivity index (χ1n) is 7.15. The van der Waals surface area contributed by atoms with Crippen LogP contribution in [0.25, 0.3) is 0 Å². The van der Waals surface area contributed by atoms with Crippen molar-refractivity contribution in [3.8, 4) is 0 Å². The summed E-state index contributed by atoms with van der Waals surface area (Å²) < 4.78 is 5.37. The molecule has 0 radical (unpaired) electrons. The van der Waals surface area contributed by atoms with E-state index in [4.69, 9.17) is 22.1 Å². The molecule has 8 heteroatoms. The van der Waals surface area contributed by atoms with E-state index in [9.17, 15) is 19.8 Å². The molecule has 7 nitrogen and oxygen atoms in total. The molecule has 1 saturated heterocycles. The zero-order chi connectivity index (χ0) is 16.7. The summed E-state index contributed by atoms with van der Waals surface area (Å²) in [5, 5.41) is 22.6. The van der Waals surface area contributed by atoms with Crippen molar-refractivity contribution in [2.75, 3.05) is 5.88 Å². The van der Waals surface area contributed by atoms with E-state index in [2.05, 4.69) is 5.32 Å². The molecule has 0 saturated carbocycles. The first kappa shape index (κ1) is 17.1. The predicted octanol–water partition coefficient (Wildman–Crippen LogP) is -0.0443. The van der Waals surface area contributed by atoms with Crippen molar-refractivity contribution in [2.24, 2.45) is 11.7 Å². The SMILES string of the molecule is C[C@H](N)C(=O)N[C@@H]1C2C[C@H](O)CC(O)=C2C(=O)O[C@]1(C)CCl. The number of aliphatic hydroxyl groups excluding tert-OH is 2. The number of esters is 1. The van der Waals surface area contributed by atoms with Gasteiger partial charge in [-0.05, 0) is 20.3 Å². The minimum atomic E-state index is -1.14. The van der Waals surface area contributed by atoms with E-state index in [1.54, 1.807) is 6.92 Å². The van der Waals surface area contributed by atoms with Crippen LogP contribution in [0, 0.1) is 5.92 Å². The lowest BCUT2D eigenvalue weighted by molar-refractivity contribution is -0.166. The largest absolute Gasteiger partial charge is 0.512 e. The van der Waals surface area contributed by atoms with Gasteiger partial charge >= 0.3 is 5.97 Å². The Labute approximate surface area is 133 Å². The van der Waals surface area contributed by atoms with Crippen LogP contribution in [0.5, 0.6) is 0 Å². The molecule has 5 N–H and O–H groups in total. The maximum Gasteiger partial charge on any atom is 0.338 e. The summed E-state index contributed by atoms with van der Waals surface area (Å²) in [4.78, 5) is 24.1. The quantitative estimate of drug-likeness (QED) is 0.425. The molecular formula is C14H21ClN2O5. The Morgan fingerprint density at radius 3 is 2.82 bits per heavy atom. The lowest BCUT2D eigenvalue weighted by Crippen LogP contribution is -2.64. The summed E-state index contributed by atoms with van der Waals surface area (Å²) in [7, 11) is 0. The van der Waals surface area contributed by atoms with Gasteiger partial charge in [0.05, 0.1) is 29.6 Å². The molecule has 124 valence electrons. The van der Waals surface area contributed by atoms with Gasteiger partial charge in [-0.25, -0.2) is 4.79 Å². The average Bonchev–Trinajstić information content (AvgIpc) is 2.41. The minimum absolute atomic E-state index is 0.00746. The van der Waals surface area contributed by atoms with Gasteiger partial charge in [-0.3, -0.25) is 4.79 Å². The van der Waals surface area contributed by atoms with Crippen molar-refractivity contribution in [1.82, 2.24) is 5.32 Å². The molecule has 1 fully saturated rings. The van der Waals surface area contributed by atoms with E-state index in [-0.39, 0.29) is 30.1 Å². The van der Waals surface area contributed by atoms with Crippen molar-refractivity contribution in [1.29, 1.82) is 0 Å². The number of hydrogen-bond donors (Lipinski definition) is 4. The van der Waals surface area contributed by atoms with Crippen LogP contribution >= 0.6 is 11.6 Å². The maximum absolute atomic E-state index is 12.2. The van der Waals surface area contributed by atoms with Gasteiger partial charge in [-0.15, -0.1) is 11.6 Å². The summed E-state index contributed by atoms with van der Waals surface area (Å²) in [5.41, 5.74) is 4.53. The van der Waals surface area contributed by atoms with Crippen molar-refractivity contribution in [3.63, 3.8) is 0 Å². The lowest BCUT2D eigenvalue weighted by Gasteiger charge is -2.47. The van der Waals surface area contributed by atoms with E-state index in [0.717, 1.165) is 0 Å². The third-order valence-electron chi connectivity index (χ3n) is 4.22. The number of alkyl halides is 1. The second kappa shape index (κ2) is 6.06. The molecule has 1 amide bonds. The summed E-state index contributed by atoms with van der Waals surface area (Å²) in [6, 6.07) is -1.42. The van der Waals surface area contributed by atoms with Gasteiger partial charge in [-0.2, -0.15) is 0 Å². The molecule has 0 aromatic carbocycles. The van der Waals surface area contributed by atoms with Crippen LogP contribution in [0.1, 0.15) is 26.7 Å². The number of nitrogens with one attached hydrogen (secondary N) is 1. The van der Waals surface area contributed by atoms with Gasteiger partial charge in [0.2, 0.25) is 5.91 Å². The minimum Gasteiger partial charge on any atom is -0.512 e. The molecule has 0 aromatic heterocycles. The molecule has 1 aliphatic carbocycles. The van der Waals surface area contributed by atoms with Crippen molar-refractivity contribution in [2.45, 2.75) is 50.5 Å². The van der Waals surface area contributed by atoms with Crippen molar-refractivity contribution < 1.29 is 24.5 Å². The highest BCUT2D eigenvalue weighted by Crippen LogP contribution is 2.42. The Morgan fingerprint density at radius 1 is 1.64 bits per heavy atom. The number of carbonyl (C=O) groups excluding carboxylic acids is 2. The molecule has 1 heterocycles. The molecule has 0 bridgehead atoms. The van der Waals surface area contributed by atoms with Gasteiger partial charge in [0.1, 0.15) is 11.4 Å². The van der Waals surface area contributed by atoms with Crippen LogP contribution in [-0.2, 0) is 14.3 Å². The Bertz CT molecular complexity index is 521. The van der Waals surface area contributed by atoms with E-state index in [1.165, 1.54) is 6.92 Å². The topological polar surface area (TPSA) is 122 Å². The van der Waals surface area contributed by atoms with E-state index in [1.807, 2.05) is 0 Å². The van der Waals surface area contributed by atoms with Crippen LogP contribution in [0.15, 0.2) is 11.3 Å². The second-order valence-electron chi connectivity index (χ2n) is 6.17. The maximum atomic E-state index is 12.2. The average molecular weight is 333 g/mol. The fraction of sp³-hybridized carbons (Fsp3) is 0.714. The Morgan fingerprint density at radius 2 is 2.27 bits per heavy atom. The van der Waals surface area contributed by atoms with Gasteiger partial charge < -0.3 is 26.0 Å². The predicted molar refractivity (Wildman–Crippen MR) is 79.2 cm³/mol. The Hall–Kier alpha value is -1.31. The van der Waals surface area contributed by atoms with Crippen molar-refractivity contribution >= 4 is 23.5 Å². The standard InChI is InChI=1S/C14H21ClN2O5/c1-6(16)12(20)17-11-8-3-7(18)4-9(19)10(8)13(21)22-14(11,2)5-15/h6-8,11,18-19H,3-5,16H2,1-2H3,(H,17,20)/t6-,7-,8?,11+,14+/m0/s1. The van der Waals surface area contributed by atoms with Crippen molar-refractivity contribution in [3.05, 3.63) is 11.3 Å². The molecule has 2 rings (SSSR count). The zero-order valence-electron chi connectivity index (χ0n) is 12.5. The first-order valence-corrected chi connectivity index (χ1v) is 7.68. The number of halogens is 1. The molecule has 22 heavy (non-hydrogen) atoms. The fourth-order valence-electron chi connectivity index (χ4n) is 3.02. The zero-order valence-corrected chi connectivity index (χ0v) is 13.3. The number of hydrogen-bond acceptors (Lipinski definition) is 6. The van der Waals surface area contributed by atoms with Gasteiger partial charge in [0.15, 0.2) is 0 Å². The molecule has 0 aromatic rings. The summed E-state index contributed by atoms with van der Waals surface area (Å²) in [6.45, 7) is 3.14. The van der Waals surface area contributed by atoms with E-state index in [0.29, 0.717) is 0 Å². The summed E-state index contributed by atoms with van der Waals surface area (Å²) >= 11 is 5.95. The highest BCUT2D eigenvalue weighted by Gasteiger charge is 2.53. The van der Waals surface area contributed by atoms with Crippen LogP contribution in [0.3, 0.4) is 0 Å². The Balaban J connectivity index is 2.42. The number of cyclic esters (lactones) is 1. The first-order chi connectivity index (χ1) is 10.2. The number of carbonyl (C=O) groups is 2. The van der Waals surface area contributed by atoms with Gasteiger partial charge in [0, 0.05) is 12.3 Å². The monoisotopic (exact) mass is 332 g/mol. The smallest absolute Gasteiger partial charge is 0.338 e. The normalized spacial score (nSPS) is 36.4. The lowest BCUT2D eigenvalue weighted by atomic mass is 9.72. The highest BCUT2D eigenvalue weighted by molar-refractivity contribution is 6.18. The fourth-order valence-corrected chi connectivity index (χ4v) is 3.24. The van der Waals surface area contributed by atoms with Gasteiger partial charge in [0.25, 0.3) is 0 Å². The summed E-state index contributed by atoms with van der Waals surface area (Å²) in [5.74, 6) is -1.90. The number of ether oxygens (including phenoxy) is 1. The third-order valence-corrected chi connectivity index (χ3v) is 4.75. The number of aliphatic hydroxyl groups is 2. The van der Waals surface area contributed by atoms with Crippen LogP contribution in [-0.4, -0.2) is 51.8 Å². The second-order valence-corrected chi connectivity index (χ2v) is 6.44. The number of amides is 1. The molecule has 0 spiro atoms. The molecule has 1 aliphatic heterocycles.